The van der Waals surface area contributed by atoms with Crippen molar-refractivity contribution in [2.75, 3.05) is 38.3 Å². The van der Waals surface area contributed by atoms with Crippen molar-refractivity contribution in [1.29, 1.82) is 0 Å². The number of rotatable bonds is 11. The highest BCUT2D eigenvalue weighted by molar-refractivity contribution is 8.00. The van der Waals surface area contributed by atoms with E-state index in [4.69, 9.17) is 4.74 Å². The molecule has 0 amide bonds. The van der Waals surface area contributed by atoms with Gasteiger partial charge >= 0.3 is 0 Å². The molecule has 0 bridgehead atoms. The van der Waals surface area contributed by atoms with Crippen molar-refractivity contribution >= 4 is 21.6 Å². The number of tetrazole rings is 1. The van der Waals surface area contributed by atoms with Crippen molar-refractivity contribution in [3.8, 4) is 0 Å². The van der Waals surface area contributed by atoms with Crippen LogP contribution in [-0.4, -0.2) is 72.2 Å². The Balaban J connectivity index is 2.35. The smallest absolute Gasteiger partial charge is 0.209 e. The van der Waals surface area contributed by atoms with E-state index in [9.17, 15) is 8.42 Å². The number of thioether (sulfide) groups is 1. The molecule has 0 aliphatic carbocycles. The molecule has 21 heavy (non-hydrogen) atoms. The summed E-state index contributed by atoms with van der Waals surface area (Å²) in [5, 5.41) is 14.9. The van der Waals surface area contributed by atoms with E-state index >= 15 is 0 Å². The molecular weight excluding hydrogens is 314 g/mol. The summed E-state index contributed by atoms with van der Waals surface area (Å²) in [5.41, 5.74) is 0. The summed E-state index contributed by atoms with van der Waals surface area (Å²) in [6.45, 7) is 6.17. The first-order chi connectivity index (χ1) is 9.97. The molecule has 0 aliphatic rings. The van der Waals surface area contributed by atoms with E-state index in [0.29, 0.717) is 24.1 Å². The molecule has 0 fully saturated rings. The third-order valence-corrected chi connectivity index (χ3v) is 6.23. The Bertz CT molecular complexity index is 504. The van der Waals surface area contributed by atoms with E-state index < -0.39 is 9.84 Å². The zero-order chi connectivity index (χ0) is 15.7. The lowest BCUT2D eigenvalue weighted by molar-refractivity contribution is 0.199. The lowest BCUT2D eigenvalue weighted by Gasteiger charge is -2.08. The SMILES string of the molecule is COCCNCCn1nnnc1SCCS(=O)(=O)C(C)C. The van der Waals surface area contributed by atoms with Crippen molar-refractivity contribution in [3.63, 3.8) is 0 Å². The van der Waals surface area contributed by atoms with Gasteiger partial charge in [-0.05, 0) is 24.3 Å². The van der Waals surface area contributed by atoms with Gasteiger partial charge in [-0.1, -0.05) is 11.8 Å². The summed E-state index contributed by atoms with van der Waals surface area (Å²) in [6, 6.07) is 0. The van der Waals surface area contributed by atoms with E-state index in [2.05, 4.69) is 20.8 Å². The highest BCUT2D eigenvalue weighted by Crippen LogP contribution is 2.15. The number of hydrogen-bond donors (Lipinski definition) is 1. The number of sulfone groups is 1. The minimum absolute atomic E-state index is 0.133. The largest absolute Gasteiger partial charge is 0.383 e. The summed E-state index contributed by atoms with van der Waals surface area (Å²) >= 11 is 1.36. The van der Waals surface area contributed by atoms with Gasteiger partial charge in [0, 0.05) is 26.0 Å². The first-order valence-corrected chi connectivity index (χ1v) is 9.47. The molecule has 0 saturated heterocycles. The zero-order valence-corrected chi connectivity index (χ0v) is 14.3. The molecule has 8 nitrogen and oxygen atoms in total. The Kier molecular flexibility index (Phi) is 8.15. The number of ether oxygens (including phenoxy) is 1. The number of aromatic nitrogens is 4. The molecule has 1 aromatic rings. The van der Waals surface area contributed by atoms with Crippen LogP contribution < -0.4 is 5.32 Å². The van der Waals surface area contributed by atoms with Gasteiger partial charge in [-0.25, -0.2) is 13.1 Å². The van der Waals surface area contributed by atoms with E-state index in [1.807, 2.05) is 0 Å². The average Bonchev–Trinajstić information content (AvgIpc) is 2.86. The highest BCUT2D eigenvalue weighted by Gasteiger charge is 2.16. The third-order valence-electron chi connectivity index (χ3n) is 2.80. The van der Waals surface area contributed by atoms with Crippen molar-refractivity contribution in [2.45, 2.75) is 30.8 Å². The molecule has 1 heterocycles. The van der Waals surface area contributed by atoms with Gasteiger partial charge in [0.25, 0.3) is 0 Å². The molecule has 0 unspecified atom stereocenters. The van der Waals surface area contributed by atoms with E-state index in [1.165, 1.54) is 11.8 Å². The molecule has 1 N–H and O–H groups in total. The molecule has 0 radical (unpaired) electrons. The number of hydrogen-bond acceptors (Lipinski definition) is 8. The second-order valence-corrected chi connectivity index (χ2v) is 8.43. The Hall–Kier alpha value is -0.710. The molecule has 122 valence electrons. The van der Waals surface area contributed by atoms with Crippen molar-refractivity contribution in [2.24, 2.45) is 0 Å². The van der Waals surface area contributed by atoms with Crippen LogP contribution in [0.4, 0.5) is 0 Å². The van der Waals surface area contributed by atoms with Gasteiger partial charge in [-0.15, -0.1) is 5.10 Å². The van der Waals surface area contributed by atoms with Gasteiger partial charge in [-0.3, -0.25) is 0 Å². The number of nitrogens with one attached hydrogen (secondary N) is 1. The summed E-state index contributed by atoms with van der Waals surface area (Å²) in [7, 11) is -1.36. The Morgan fingerprint density at radius 2 is 2.14 bits per heavy atom. The van der Waals surface area contributed by atoms with Crippen molar-refractivity contribution < 1.29 is 13.2 Å². The predicted molar refractivity (Wildman–Crippen MR) is 82.2 cm³/mol. The van der Waals surface area contributed by atoms with Crippen LogP contribution in [0.2, 0.25) is 0 Å². The second-order valence-electron chi connectivity index (χ2n) is 4.69. The summed E-state index contributed by atoms with van der Waals surface area (Å²) in [6.07, 6.45) is 0. The molecule has 0 saturated carbocycles. The molecule has 1 rings (SSSR count). The fourth-order valence-corrected chi connectivity index (χ4v) is 3.70. The standard InChI is InChI=1S/C11H23N5O3S2/c1-10(2)21(17,18)9-8-20-11-13-14-15-16(11)6-4-12-5-7-19-3/h10,12H,4-9H2,1-3H3. The van der Waals surface area contributed by atoms with Crippen LogP contribution in [0.1, 0.15) is 13.8 Å². The van der Waals surface area contributed by atoms with Crippen LogP contribution in [-0.2, 0) is 21.1 Å². The maximum absolute atomic E-state index is 11.7. The Morgan fingerprint density at radius 1 is 1.38 bits per heavy atom. The minimum Gasteiger partial charge on any atom is -0.383 e. The van der Waals surface area contributed by atoms with Gasteiger partial charge in [-0.2, -0.15) is 0 Å². The van der Waals surface area contributed by atoms with Crippen LogP contribution in [0.5, 0.6) is 0 Å². The Morgan fingerprint density at radius 3 is 2.81 bits per heavy atom. The molecule has 0 aliphatic heterocycles. The van der Waals surface area contributed by atoms with E-state index in [1.54, 1.807) is 25.6 Å². The van der Waals surface area contributed by atoms with Crippen LogP contribution in [0.3, 0.4) is 0 Å². The fraction of sp³-hybridized carbons (Fsp3) is 0.909. The monoisotopic (exact) mass is 337 g/mol. The second kappa shape index (κ2) is 9.34. The normalized spacial score (nSPS) is 12.2. The predicted octanol–water partition coefficient (Wildman–Crippen LogP) is -0.176. The summed E-state index contributed by atoms with van der Waals surface area (Å²) in [5.74, 6) is 0.590. The lowest BCUT2D eigenvalue weighted by Crippen LogP contribution is -2.24. The fourth-order valence-electron chi connectivity index (χ4n) is 1.41. The summed E-state index contributed by atoms with van der Waals surface area (Å²) < 4.78 is 30.1. The van der Waals surface area contributed by atoms with Crippen LogP contribution in [0.15, 0.2) is 5.16 Å². The van der Waals surface area contributed by atoms with Crippen LogP contribution >= 0.6 is 11.8 Å². The Labute approximate surface area is 129 Å². The van der Waals surface area contributed by atoms with E-state index in [-0.39, 0.29) is 11.0 Å². The molecule has 1 aromatic heterocycles. The molecule has 0 atom stereocenters. The van der Waals surface area contributed by atoms with Crippen molar-refractivity contribution in [3.05, 3.63) is 0 Å². The maximum atomic E-state index is 11.7. The maximum Gasteiger partial charge on any atom is 0.209 e. The number of methoxy groups -OCH3 is 1. The van der Waals surface area contributed by atoms with Gasteiger partial charge < -0.3 is 10.1 Å². The highest BCUT2D eigenvalue weighted by atomic mass is 32.2. The van der Waals surface area contributed by atoms with E-state index in [0.717, 1.165) is 13.1 Å². The molecule has 0 aromatic carbocycles. The third kappa shape index (κ3) is 6.72. The average molecular weight is 337 g/mol. The number of nitrogens with zero attached hydrogens (tertiary/aromatic N) is 4. The van der Waals surface area contributed by atoms with Gasteiger partial charge in [0.2, 0.25) is 5.16 Å². The topological polar surface area (TPSA) is 99.0 Å². The quantitative estimate of drug-likeness (QED) is 0.439. The lowest BCUT2D eigenvalue weighted by atomic mass is 10.6. The minimum atomic E-state index is -3.02. The van der Waals surface area contributed by atoms with Crippen LogP contribution in [0, 0.1) is 0 Å². The molecular formula is C11H23N5O3S2. The molecule has 10 heteroatoms. The summed E-state index contributed by atoms with van der Waals surface area (Å²) in [4.78, 5) is 0. The zero-order valence-electron chi connectivity index (χ0n) is 12.7. The molecule has 0 spiro atoms. The van der Waals surface area contributed by atoms with Crippen LogP contribution in [0.25, 0.3) is 0 Å². The van der Waals surface area contributed by atoms with Gasteiger partial charge in [0.15, 0.2) is 9.84 Å². The van der Waals surface area contributed by atoms with Gasteiger partial charge in [0.05, 0.1) is 24.2 Å². The van der Waals surface area contributed by atoms with Crippen molar-refractivity contribution in [1.82, 2.24) is 25.5 Å². The van der Waals surface area contributed by atoms with Gasteiger partial charge in [0.1, 0.15) is 0 Å². The first-order valence-electron chi connectivity index (χ1n) is 6.77. The first kappa shape index (κ1) is 18.3.